The molecule has 156 valence electrons. The Morgan fingerprint density at radius 2 is 1.90 bits per heavy atom. The first-order chi connectivity index (χ1) is 14.3. The van der Waals surface area contributed by atoms with E-state index in [1.165, 1.54) is 25.7 Å². The number of nitrogens with zero attached hydrogens (tertiary/aromatic N) is 3. The first-order valence-corrected chi connectivity index (χ1v) is 11.0. The molecule has 29 heavy (non-hydrogen) atoms. The van der Waals surface area contributed by atoms with Gasteiger partial charge in [0.15, 0.2) is 5.82 Å². The molecule has 1 aromatic carbocycles. The number of aromatic nitrogens is 2. The highest BCUT2D eigenvalue weighted by Crippen LogP contribution is 2.30. The van der Waals surface area contributed by atoms with Gasteiger partial charge in [-0.15, -0.1) is 0 Å². The van der Waals surface area contributed by atoms with Crippen LogP contribution in [0.25, 0.3) is 0 Å². The van der Waals surface area contributed by atoms with Crippen molar-refractivity contribution in [1.29, 1.82) is 0 Å². The van der Waals surface area contributed by atoms with Gasteiger partial charge in [0, 0.05) is 25.4 Å². The Labute approximate surface area is 172 Å². The minimum atomic E-state index is 0.163. The van der Waals surface area contributed by atoms with E-state index in [-0.39, 0.29) is 11.8 Å². The number of likely N-dealkylation sites (tertiary alicyclic amines) is 1. The van der Waals surface area contributed by atoms with Gasteiger partial charge in [0.1, 0.15) is 0 Å². The largest absolute Gasteiger partial charge is 0.376 e. The van der Waals surface area contributed by atoms with Crippen LogP contribution in [-0.4, -0.2) is 40.6 Å². The van der Waals surface area contributed by atoms with E-state index in [4.69, 9.17) is 9.26 Å². The maximum absolute atomic E-state index is 12.9. The monoisotopic (exact) mass is 397 g/mol. The Balaban J connectivity index is 1.22. The molecule has 2 fully saturated rings. The van der Waals surface area contributed by atoms with Crippen LogP contribution in [0.1, 0.15) is 68.1 Å². The van der Waals surface area contributed by atoms with E-state index in [2.05, 4.69) is 22.3 Å². The Morgan fingerprint density at radius 3 is 2.69 bits per heavy atom. The van der Waals surface area contributed by atoms with Crippen molar-refractivity contribution < 1.29 is 14.1 Å². The average Bonchev–Trinajstić information content (AvgIpc) is 3.35. The number of amides is 1. The SMILES string of the molecule is O=C(C1CCCCCC1)N1CCC(c2nc(CCOCc3ccccc3)no2)C1. The van der Waals surface area contributed by atoms with E-state index >= 15 is 0 Å². The van der Waals surface area contributed by atoms with E-state index < -0.39 is 0 Å². The lowest BCUT2D eigenvalue weighted by molar-refractivity contribution is -0.134. The summed E-state index contributed by atoms with van der Waals surface area (Å²) in [6.45, 7) is 2.66. The van der Waals surface area contributed by atoms with Gasteiger partial charge in [-0.3, -0.25) is 4.79 Å². The van der Waals surface area contributed by atoms with E-state index in [1.807, 2.05) is 23.1 Å². The molecule has 1 aliphatic heterocycles. The third-order valence-corrected chi connectivity index (χ3v) is 6.12. The number of hydrogen-bond acceptors (Lipinski definition) is 5. The fourth-order valence-corrected chi connectivity index (χ4v) is 4.41. The van der Waals surface area contributed by atoms with Crippen LogP contribution < -0.4 is 0 Å². The third kappa shape index (κ3) is 5.44. The first-order valence-electron chi connectivity index (χ1n) is 11.0. The average molecular weight is 398 g/mol. The van der Waals surface area contributed by atoms with Crippen LogP contribution in [0, 0.1) is 5.92 Å². The molecular formula is C23H31N3O3. The molecule has 0 N–H and O–H groups in total. The van der Waals surface area contributed by atoms with Crippen molar-refractivity contribution in [2.45, 2.75) is 63.9 Å². The van der Waals surface area contributed by atoms with Crippen molar-refractivity contribution >= 4 is 5.91 Å². The summed E-state index contributed by atoms with van der Waals surface area (Å²) in [5.41, 5.74) is 1.16. The van der Waals surface area contributed by atoms with Gasteiger partial charge in [0.05, 0.1) is 19.1 Å². The van der Waals surface area contributed by atoms with Crippen molar-refractivity contribution in [3.63, 3.8) is 0 Å². The number of carbonyl (C=O) groups excluding carboxylic acids is 1. The molecule has 2 aromatic rings. The zero-order valence-corrected chi connectivity index (χ0v) is 17.1. The Hall–Kier alpha value is -2.21. The number of rotatable bonds is 7. The summed E-state index contributed by atoms with van der Waals surface area (Å²) in [5.74, 6) is 2.07. The van der Waals surface area contributed by atoms with Crippen LogP contribution >= 0.6 is 0 Å². The molecule has 2 aliphatic rings. The summed E-state index contributed by atoms with van der Waals surface area (Å²) < 4.78 is 11.2. The van der Waals surface area contributed by atoms with Gasteiger partial charge in [-0.25, -0.2) is 0 Å². The molecule has 0 bridgehead atoms. The number of benzene rings is 1. The highest BCUT2D eigenvalue weighted by Gasteiger charge is 2.34. The van der Waals surface area contributed by atoms with Crippen molar-refractivity contribution in [2.75, 3.05) is 19.7 Å². The Bertz CT molecular complexity index is 769. The van der Waals surface area contributed by atoms with Gasteiger partial charge in [0.25, 0.3) is 0 Å². The predicted octanol–water partition coefficient (Wildman–Crippen LogP) is 4.12. The highest BCUT2D eigenvalue weighted by molar-refractivity contribution is 5.79. The molecule has 1 aromatic heterocycles. The smallest absolute Gasteiger partial charge is 0.231 e. The molecular weight excluding hydrogens is 366 g/mol. The molecule has 0 spiro atoms. The lowest BCUT2D eigenvalue weighted by Gasteiger charge is -2.22. The molecule has 0 radical (unpaired) electrons. The maximum atomic E-state index is 12.9. The van der Waals surface area contributed by atoms with Gasteiger partial charge in [-0.1, -0.05) is 61.2 Å². The second-order valence-electron chi connectivity index (χ2n) is 8.30. The van der Waals surface area contributed by atoms with E-state index in [0.29, 0.717) is 43.8 Å². The van der Waals surface area contributed by atoms with Crippen LogP contribution in [0.3, 0.4) is 0 Å². The second-order valence-corrected chi connectivity index (χ2v) is 8.30. The number of ether oxygens (including phenoxy) is 1. The summed E-state index contributed by atoms with van der Waals surface area (Å²) >= 11 is 0. The highest BCUT2D eigenvalue weighted by atomic mass is 16.5. The maximum Gasteiger partial charge on any atom is 0.231 e. The van der Waals surface area contributed by atoms with Crippen LogP contribution in [0.5, 0.6) is 0 Å². The van der Waals surface area contributed by atoms with Crippen molar-refractivity contribution in [3.05, 3.63) is 47.6 Å². The van der Waals surface area contributed by atoms with Gasteiger partial charge in [0.2, 0.25) is 11.8 Å². The summed E-state index contributed by atoms with van der Waals surface area (Å²) in [5, 5.41) is 4.11. The Kier molecular flexibility index (Phi) is 6.93. The minimum Gasteiger partial charge on any atom is -0.376 e. The molecule has 6 nitrogen and oxygen atoms in total. The molecule has 4 rings (SSSR count). The molecule has 1 amide bonds. The van der Waals surface area contributed by atoms with E-state index in [0.717, 1.165) is 31.4 Å². The second kappa shape index (κ2) is 10.0. The topological polar surface area (TPSA) is 68.5 Å². The fraction of sp³-hybridized carbons (Fsp3) is 0.609. The zero-order chi connectivity index (χ0) is 19.9. The molecule has 6 heteroatoms. The van der Waals surface area contributed by atoms with Gasteiger partial charge < -0.3 is 14.2 Å². The summed E-state index contributed by atoms with van der Waals surface area (Å²) in [6, 6.07) is 10.1. The molecule has 2 heterocycles. The predicted molar refractivity (Wildman–Crippen MR) is 109 cm³/mol. The molecule has 1 unspecified atom stereocenters. The van der Waals surface area contributed by atoms with Crippen LogP contribution in [0.4, 0.5) is 0 Å². The van der Waals surface area contributed by atoms with Gasteiger partial charge in [-0.2, -0.15) is 4.98 Å². The van der Waals surface area contributed by atoms with Crippen molar-refractivity contribution in [2.24, 2.45) is 5.92 Å². The zero-order valence-electron chi connectivity index (χ0n) is 17.1. The van der Waals surface area contributed by atoms with E-state index in [9.17, 15) is 4.79 Å². The summed E-state index contributed by atoms with van der Waals surface area (Å²) in [7, 11) is 0. The van der Waals surface area contributed by atoms with Gasteiger partial charge >= 0.3 is 0 Å². The molecule has 1 atom stereocenters. The molecule has 1 saturated carbocycles. The third-order valence-electron chi connectivity index (χ3n) is 6.12. The number of carbonyl (C=O) groups is 1. The minimum absolute atomic E-state index is 0.163. The Morgan fingerprint density at radius 1 is 1.10 bits per heavy atom. The fourth-order valence-electron chi connectivity index (χ4n) is 4.41. The normalized spacial score (nSPS) is 20.7. The lowest BCUT2D eigenvalue weighted by Crippen LogP contribution is -2.34. The molecule has 1 aliphatic carbocycles. The quantitative estimate of drug-likeness (QED) is 0.519. The van der Waals surface area contributed by atoms with Crippen molar-refractivity contribution in [1.82, 2.24) is 15.0 Å². The van der Waals surface area contributed by atoms with Crippen LogP contribution in [0.2, 0.25) is 0 Å². The van der Waals surface area contributed by atoms with Crippen LogP contribution in [-0.2, 0) is 22.6 Å². The first kappa shape index (κ1) is 20.1. The summed E-state index contributed by atoms with van der Waals surface area (Å²) in [6.07, 6.45) is 8.55. The summed E-state index contributed by atoms with van der Waals surface area (Å²) in [4.78, 5) is 19.5. The molecule has 1 saturated heterocycles. The standard InChI is InChI=1S/C23H31N3O3/c27-23(19-10-6-1-2-7-11-19)26-14-12-20(16-26)22-24-21(25-29-22)13-15-28-17-18-8-4-3-5-9-18/h3-5,8-9,19-20H,1-2,6-7,10-17H2. The lowest BCUT2D eigenvalue weighted by atomic mass is 9.99. The number of hydrogen-bond donors (Lipinski definition) is 0. The van der Waals surface area contributed by atoms with Crippen molar-refractivity contribution in [3.8, 4) is 0 Å². The van der Waals surface area contributed by atoms with E-state index in [1.54, 1.807) is 0 Å². The van der Waals surface area contributed by atoms with Crippen LogP contribution in [0.15, 0.2) is 34.9 Å². The van der Waals surface area contributed by atoms with Gasteiger partial charge in [-0.05, 0) is 24.8 Å².